The fraction of sp³-hybridized carbons (Fsp3) is 0.600. The van der Waals surface area contributed by atoms with Gasteiger partial charge < -0.3 is 4.74 Å². The maximum atomic E-state index is 6.49. The topological polar surface area (TPSA) is 9.23 Å². The molecule has 0 radical (unpaired) electrons. The first-order chi connectivity index (χ1) is 8.18. The van der Waals surface area contributed by atoms with Crippen molar-refractivity contribution in [1.82, 2.24) is 0 Å². The zero-order valence-corrected chi connectivity index (χ0v) is 11.4. The van der Waals surface area contributed by atoms with Gasteiger partial charge >= 0.3 is 0 Å². The lowest BCUT2D eigenvalue weighted by Crippen LogP contribution is -2.10. The lowest BCUT2D eigenvalue weighted by Gasteiger charge is -2.14. The molecule has 94 valence electrons. The van der Waals surface area contributed by atoms with E-state index >= 15 is 0 Å². The Kier molecular flexibility index (Phi) is 4.47. The van der Waals surface area contributed by atoms with E-state index < -0.39 is 0 Å². The summed E-state index contributed by atoms with van der Waals surface area (Å²) in [6.07, 6.45) is 2.17. The molecule has 2 rings (SSSR count). The average Bonchev–Trinajstić information content (AvgIpc) is 2.63. The normalized spacial score (nSPS) is 23.1. The van der Waals surface area contributed by atoms with Gasteiger partial charge in [-0.25, -0.2) is 0 Å². The van der Waals surface area contributed by atoms with Crippen molar-refractivity contribution in [3.05, 3.63) is 35.4 Å². The maximum Gasteiger partial charge on any atom is 0.0620 e. The van der Waals surface area contributed by atoms with E-state index in [1.54, 1.807) is 0 Å². The van der Waals surface area contributed by atoms with Crippen LogP contribution in [0.2, 0.25) is 0 Å². The first-order valence-electron chi connectivity index (χ1n) is 6.48. The maximum absolute atomic E-state index is 6.49. The molecule has 1 aromatic carbocycles. The van der Waals surface area contributed by atoms with Gasteiger partial charge in [0.25, 0.3) is 0 Å². The highest BCUT2D eigenvalue weighted by Crippen LogP contribution is 2.42. The van der Waals surface area contributed by atoms with Crippen LogP contribution in [0.5, 0.6) is 0 Å². The second-order valence-corrected chi connectivity index (χ2v) is 5.79. The van der Waals surface area contributed by atoms with Crippen LogP contribution in [-0.2, 0) is 11.2 Å². The molecule has 0 aromatic heterocycles. The number of alkyl halides is 1. The summed E-state index contributed by atoms with van der Waals surface area (Å²) in [7, 11) is 0. The van der Waals surface area contributed by atoms with Gasteiger partial charge in [0.2, 0.25) is 0 Å². The third kappa shape index (κ3) is 3.23. The molecule has 1 nitrogen and oxygen atoms in total. The van der Waals surface area contributed by atoms with Crippen LogP contribution in [0, 0.1) is 11.8 Å². The molecule has 0 fully saturated rings. The van der Waals surface area contributed by atoms with Crippen LogP contribution in [0.1, 0.15) is 36.8 Å². The smallest absolute Gasteiger partial charge is 0.0620 e. The molecule has 0 aliphatic heterocycles. The Hall–Kier alpha value is -0.530. The second kappa shape index (κ2) is 5.88. The van der Waals surface area contributed by atoms with E-state index in [1.165, 1.54) is 11.1 Å². The summed E-state index contributed by atoms with van der Waals surface area (Å²) in [4.78, 5) is 0. The average molecular weight is 253 g/mol. The van der Waals surface area contributed by atoms with Crippen LogP contribution >= 0.6 is 11.6 Å². The van der Waals surface area contributed by atoms with Gasteiger partial charge in [-0.3, -0.25) is 0 Å². The molecule has 0 spiro atoms. The number of hydrogen-bond donors (Lipinski definition) is 0. The van der Waals surface area contributed by atoms with E-state index in [1.807, 2.05) is 0 Å². The molecule has 0 saturated carbocycles. The molecule has 1 aliphatic rings. The van der Waals surface area contributed by atoms with Gasteiger partial charge in [-0.15, -0.1) is 11.6 Å². The molecule has 2 unspecified atom stereocenters. The summed E-state index contributed by atoms with van der Waals surface area (Å²) in [6, 6.07) is 8.52. The van der Waals surface area contributed by atoms with E-state index in [4.69, 9.17) is 16.3 Å². The molecule has 17 heavy (non-hydrogen) atoms. The molecule has 1 aromatic rings. The van der Waals surface area contributed by atoms with Gasteiger partial charge in [-0.2, -0.15) is 0 Å². The van der Waals surface area contributed by atoms with Crippen LogP contribution in [0.15, 0.2) is 24.3 Å². The minimum atomic E-state index is 0.175. The van der Waals surface area contributed by atoms with Crippen LogP contribution in [0.25, 0.3) is 0 Å². The Morgan fingerprint density at radius 2 is 2.12 bits per heavy atom. The fourth-order valence-electron chi connectivity index (χ4n) is 2.43. The van der Waals surface area contributed by atoms with E-state index in [9.17, 15) is 0 Å². The van der Waals surface area contributed by atoms with Gasteiger partial charge in [-0.1, -0.05) is 38.1 Å². The van der Waals surface area contributed by atoms with Crippen molar-refractivity contribution in [3.8, 4) is 0 Å². The highest BCUT2D eigenvalue weighted by molar-refractivity contribution is 6.21. The van der Waals surface area contributed by atoms with Gasteiger partial charge in [0.05, 0.1) is 5.38 Å². The Balaban J connectivity index is 1.82. The molecule has 0 N–H and O–H groups in total. The third-order valence-electron chi connectivity index (χ3n) is 3.33. The van der Waals surface area contributed by atoms with Crippen LogP contribution in [0.3, 0.4) is 0 Å². The fourth-order valence-corrected chi connectivity index (χ4v) is 2.86. The minimum absolute atomic E-state index is 0.175. The standard InChI is InChI=1S/C15H21ClO/c1-11(2)10-17-8-7-13-9-12-5-3-4-6-14(12)15(13)16/h3-6,11,13,15H,7-10H2,1-2H3. The first kappa shape index (κ1) is 12.9. The summed E-state index contributed by atoms with van der Waals surface area (Å²) in [5.41, 5.74) is 2.74. The molecule has 1 aliphatic carbocycles. The first-order valence-corrected chi connectivity index (χ1v) is 6.91. The summed E-state index contributed by atoms with van der Waals surface area (Å²) < 4.78 is 5.65. The van der Waals surface area contributed by atoms with Crippen molar-refractivity contribution in [2.75, 3.05) is 13.2 Å². The predicted molar refractivity (Wildman–Crippen MR) is 72.5 cm³/mol. The number of halogens is 1. The Morgan fingerprint density at radius 1 is 1.35 bits per heavy atom. The van der Waals surface area contributed by atoms with Gasteiger partial charge in [0.1, 0.15) is 0 Å². The largest absolute Gasteiger partial charge is 0.381 e. The number of ether oxygens (including phenoxy) is 1. The molecule has 2 heteroatoms. The molecule has 0 bridgehead atoms. The van der Waals surface area contributed by atoms with E-state index in [0.717, 1.165) is 26.1 Å². The SMILES string of the molecule is CC(C)COCCC1Cc2ccccc2C1Cl. The minimum Gasteiger partial charge on any atom is -0.381 e. The van der Waals surface area contributed by atoms with E-state index in [0.29, 0.717) is 11.8 Å². The Morgan fingerprint density at radius 3 is 2.82 bits per heavy atom. The highest BCUT2D eigenvalue weighted by atomic mass is 35.5. The molecule has 2 atom stereocenters. The number of rotatable bonds is 5. The zero-order valence-electron chi connectivity index (χ0n) is 10.7. The van der Waals surface area contributed by atoms with Crippen molar-refractivity contribution in [2.45, 2.75) is 32.1 Å². The van der Waals surface area contributed by atoms with Gasteiger partial charge in [-0.05, 0) is 35.8 Å². The third-order valence-corrected chi connectivity index (χ3v) is 3.92. The van der Waals surface area contributed by atoms with Crippen molar-refractivity contribution in [3.63, 3.8) is 0 Å². The monoisotopic (exact) mass is 252 g/mol. The van der Waals surface area contributed by atoms with E-state index in [-0.39, 0.29) is 5.38 Å². The van der Waals surface area contributed by atoms with Crippen LogP contribution in [0.4, 0.5) is 0 Å². The van der Waals surface area contributed by atoms with Crippen molar-refractivity contribution in [2.24, 2.45) is 11.8 Å². The summed E-state index contributed by atoms with van der Waals surface area (Å²) >= 11 is 6.49. The molecule has 0 amide bonds. The lowest BCUT2D eigenvalue weighted by atomic mass is 10.0. The Bertz CT molecular complexity index is 362. The molecule has 0 heterocycles. The van der Waals surface area contributed by atoms with Crippen LogP contribution in [-0.4, -0.2) is 13.2 Å². The van der Waals surface area contributed by atoms with Crippen LogP contribution < -0.4 is 0 Å². The quantitative estimate of drug-likeness (QED) is 0.564. The summed E-state index contributed by atoms with van der Waals surface area (Å²) in [5, 5.41) is 0.175. The lowest BCUT2D eigenvalue weighted by molar-refractivity contribution is 0.0982. The van der Waals surface area contributed by atoms with Gasteiger partial charge in [0.15, 0.2) is 0 Å². The number of benzene rings is 1. The molecular weight excluding hydrogens is 232 g/mol. The highest BCUT2D eigenvalue weighted by Gasteiger charge is 2.29. The number of fused-ring (bicyclic) bond motifs is 1. The van der Waals surface area contributed by atoms with Crippen molar-refractivity contribution >= 4 is 11.6 Å². The van der Waals surface area contributed by atoms with E-state index in [2.05, 4.69) is 38.1 Å². The number of hydrogen-bond acceptors (Lipinski definition) is 1. The molecule has 0 saturated heterocycles. The predicted octanol–water partition coefficient (Wildman–Crippen LogP) is 4.20. The van der Waals surface area contributed by atoms with Crippen molar-refractivity contribution < 1.29 is 4.74 Å². The summed E-state index contributed by atoms with van der Waals surface area (Å²) in [5.74, 6) is 1.16. The Labute approximate surface area is 109 Å². The second-order valence-electron chi connectivity index (χ2n) is 5.32. The zero-order chi connectivity index (χ0) is 12.3. The van der Waals surface area contributed by atoms with Gasteiger partial charge in [0, 0.05) is 13.2 Å². The summed E-state index contributed by atoms with van der Waals surface area (Å²) in [6.45, 7) is 6.04. The van der Waals surface area contributed by atoms with Crippen molar-refractivity contribution in [1.29, 1.82) is 0 Å². The molecular formula is C15H21ClO.